The molecule has 2 aromatic rings. The predicted octanol–water partition coefficient (Wildman–Crippen LogP) is 3.41. The Morgan fingerprint density at radius 1 is 1.08 bits per heavy atom. The van der Waals surface area contributed by atoms with Gasteiger partial charge in [0.1, 0.15) is 0 Å². The maximum Gasteiger partial charge on any atom is 0.417 e. The molecule has 2 aromatic carbocycles. The standard InChI is InChI=1S/C17H14F3NO3/c18-17(19,20)13-4-2-1-3-12(13)16(22)21-8-7-11-5-6-14-15(9-11)24-10-23-14/h1-6,9H,7-8,10H2,(H,21,22). The minimum Gasteiger partial charge on any atom is -0.454 e. The van der Waals surface area contributed by atoms with E-state index < -0.39 is 17.6 Å². The molecule has 0 aliphatic carbocycles. The molecule has 1 aliphatic rings. The topological polar surface area (TPSA) is 47.6 Å². The van der Waals surface area contributed by atoms with E-state index >= 15 is 0 Å². The molecule has 4 nitrogen and oxygen atoms in total. The Bertz CT molecular complexity index is 759. The largest absolute Gasteiger partial charge is 0.454 e. The van der Waals surface area contributed by atoms with Crippen molar-refractivity contribution in [3.8, 4) is 11.5 Å². The highest BCUT2D eigenvalue weighted by Gasteiger charge is 2.34. The summed E-state index contributed by atoms with van der Waals surface area (Å²) < 4.78 is 49.2. The first-order chi connectivity index (χ1) is 11.4. The van der Waals surface area contributed by atoms with E-state index in [0.29, 0.717) is 17.9 Å². The summed E-state index contributed by atoms with van der Waals surface area (Å²) in [5, 5.41) is 2.52. The van der Waals surface area contributed by atoms with Gasteiger partial charge in [-0.3, -0.25) is 4.79 Å². The normalized spacial score (nSPS) is 13.0. The molecule has 24 heavy (non-hydrogen) atoms. The number of alkyl halides is 3. The first-order valence-corrected chi connectivity index (χ1v) is 7.28. The second-order valence-electron chi connectivity index (χ2n) is 5.24. The Kier molecular flexibility index (Phi) is 4.33. The number of rotatable bonds is 4. The molecule has 0 spiro atoms. The van der Waals surface area contributed by atoms with E-state index in [2.05, 4.69) is 5.32 Å². The molecule has 0 radical (unpaired) electrons. The summed E-state index contributed by atoms with van der Waals surface area (Å²) in [6, 6.07) is 10.1. The molecule has 1 heterocycles. The summed E-state index contributed by atoms with van der Waals surface area (Å²) >= 11 is 0. The van der Waals surface area contributed by atoms with Crippen LogP contribution >= 0.6 is 0 Å². The highest BCUT2D eigenvalue weighted by Crippen LogP contribution is 2.33. The molecule has 0 fully saturated rings. The van der Waals surface area contributed by atoms with Gasteiger partial charge in [0, 0.05) is 6.54 Å². The average Bonchev–Trinajstić information content (AvgIpc) is 3.01. The van der Waals surface area contributed by atoms with E-state index in [1.165, 1.54) is 18.2 Å². The maximum atomic E-state index is 12.9. The second-order valence-corrected chi connectivity index (χ2v) is 5.24. The highest BCUT2D eigenvalue weighted by atomic mass is 19.4. The predicted molar refractivity (Wildman–Crippen MR) is 80.0 cm³/mol. The van der Waals surface area contributed by atoms with Crippen molar-refractivity contribution in [3.63, 3.8) is 0 Å². The molecule has 0 unspecified atom stereocenters. The van der Waals surface area contributed by atoms with Crippen molar-refractivity contribution >= 4 is 5.91 Å². The van der Waals surface area contributed by atoms with Crippen LogP contribution in [0.3, 0.4) is 0 Å². The molecule has 0 saturated carbocycles. The second kappa shape index (κ2) is 6.43. The van der Waals surface area contributed by atoms with Gasteiger partial charge in [-0.15, -0.1) is 0 Å². The van der Waals surface area contributed by atoms with E-state index in [0.717, 1.165) is 11.6 Å². The summed E-state index contributed by atoms with van der Waals surface area (Å²) in [5.41, 5.74) is -0.426. The van der Waals surface area contributed by atoms with Gasteiger partial charge in [-0.05, 0) is 36.2 Å². The van der Waals surface area contributed by atoms with Crippen LogP contribution in [0.1, 0.15) is 21.5 Å². The number of benzene rings is 2. The molecule has 0 atom stereocenters. The fraction of sp³-hybridized carbons (Fsp3) is 0.235. The van der Waals surface area contributed by atoms with Gasteiger partial charge < -0.3 is 14.8 Å². The smallest absolute Gasteiger partial charge is 0.417 e. The molecule has 1 amide bonds. The van der Waals surface area contributed by atoms with Crippen LogP contribution in [0.25, 0.3) is 0 Å². The lowest BCUT2D eigenvalue weighted by Gasteiger charge is -2.12. The van der Waals surface area contributed by atoms with E-state index in [1.54, 1.807) is 12.1 Å². The monoisotopic (exact) mass is 337 g/mol. The third kappa shape index (κ3) is 3.45. The average molecular weight is 337 g/mol. The van der Waals surface area contributed by atoms with Crippen LogP contribution in [0.4, 0.5) is 13.2 Å². The van der Waals surface area contributed by atoms with E-state index in [9.17, 15) is 18.0 Å². The SMILES string of the molecule is O=C(NCCc1ccc2c(c1)OCO2)c1ccccc1C(F)(F)F. The van der Waals surface area contributed by atoms with Gasteiger partial charge in [-0.2, -0.15) is 13.2 Å². The van der Waals surface area contributed by atoms with Crippen molar-refractivity contribution in [1.29, 1.82) is 0 Å². The number of carbonyl (C=O) groups is 1. The van der Waals surface area contributed by atoms with Crippen molar-refractivity contribution in [2.75, 3.05) is 13.3 Å². The van der Waals surface area contributed by atoms with Gasteiger partial charge in [0.25, 0.3) is 5.91 Å². The molecule has 0 bridgehead atoms. The van der Waals surface area contributed by atoms with Crippen LogP contribution in [0, 0.1) is 0 Å². The van der Waals surface area contributed by atoms with Crippen LogP contribution in [0.2, 0.25) is 0 Å². The Balaban J connectivity index is 1.62. The quantitative estimate of drug-likeness (QED) is 0.930. The Morgan fingerprint density at radius 2 is 1.83 bits per heavy atom. The molecule has 126 valence electrons. The molecular formula is C17H14F3NO3. The third-order valence-electron chi connectivity index (χ3n) is 3.61. The van der Waals surface area contributed by atoms with Crippen molar-refractivity contribution in [2.24, 2.45) is 0 Å². The lowest BCUT2D eigenvalue weighted by molar-refractivity contribution is -0.137. The fourth-order valence-corrected chi connectivity index (χ4v) is 2.44. The van der Waals surface area contributed by atoms with Gasteiger partial charge >= 0.3 is 6.18 Å². The Labute approximate surface area is 136 Å². The van der Waals surface area contributed by atoms with Gasteiger partial charge in [-0.25, -0.2) is 0 Å². The van der Waals surface area contributed by atoms with Crippen molar-refractivity contribution in [2.45, 2.75) is 12.6 Å². The number of hydrogen-bond donors (Lipinski definition) is 1. The number of fused-ring (bicyclic) bond motifs is 1. The minimum absolute atomic E-state index is 0.170. The fourth-order valence-electron chi connectivity index (χ4n) is 2.44. The number of halogens is 3. The van der Waals surface area contributed by atoms with Crippen LogP contribution in [0.5, 0.6) is 11.5 Å². The van der Waals surface area contributed by atoms with Crippen LogP contribution in [-0.4, -0.2) is 19.2 Å². The zero-order valence-corrected chi connectivity index (χ0v) is 12.5. The Morgan fingerprint density at radius 3 is 2.62 bits per heavy atom. The molecular weight excluding hydrogens is 323 g/mol. The molecule has 1 aliphatic heterocycles. The van der Waals surface area contributed by atoms with E-state index in [1.807, 2.05) is 6.07 Å². The first kappa shape index (κ1) is 16.2. The van der Waals surface area contributed by atoms with E-state index in [-0.39, 0.29) is 18.9 Å². The number of carbonyl (C=O) groups excluding carboxylic acids is 1. The van der Waals surface area contributed by atoms with Crippen LogP contribution < -0.4 is 14.8 Å². The molecule has 1 N–H and O–H groups in total. The van der Waals surface area contributed by atoms with Gasteiger partial charge in [0.2, 0.25) is 6.79 Å². The van der Waals surface area contributed by atoms with Crippen molar-refractivity contribution < 1.29 is 27.4 Å². The summed E-state index contributed by atoms with van der Waals surface area (Å²) in [6.07, 6.45) is -4.10. The van der Waals surface area contributed by atoms with Crippen molar-refractivity contribution in [1.82, 2.24) is 5.32 Å². The minimum atomic E-state index is -4.56. The summed E-state index contributed by atoms with van der Waals surface area (Å²) in [6.45, 7) is 0.383. The molecule has 3 rings (SSSR count). The van der Waals surface area contributed by atoms with Gasteiger partial charge in [0.05, 0.1) is 11.1 Å². The number of amides is 1. The van der Waals surface area contributed by atoms with Gasteiger partial charge in [0.15, 0.2) is 11.5 Å². The van der Waals surface area contributed by atoms with E-state index in [4.69, 9.17) is 9.47 Å². The zero-order valence-electron chi connectivity index (χ0n) is 12.5. The molecule has 0 saturated heterocycles. The van der Waals surface area contributed by atoms with Crippen LogP contribution in [-0.2, 0) is 12.6 Å². The molecule has 7 heteroatoms. The third-order valence-corrected chi connectivity index (χ3v) is 3.61. The Hall–Kier alpha value is -2.70. The number of ether oxygens (including phenoxy) is 2. The van der Waals surface area contributed by atoms with Crippen molar-refractivity contribution in [3.05, 3.63) is 59.2 Å². The lowest BCUT2D eigenvalue weighted by Crippen LogP contribution is -2.28. The lowest BCUT2D eigenvalue weighted by atomic mass is 10.1. The first-order valence-electron chi connectivity index (χ1n) is 7.28. The number of nitrogens with one attached hydrogen (secondary N) is 1. The molecule has 0 aromatic heterocycles. The van der Waals surface area contributed by atoms with Gasteiger partial charge in [-0.1, -0.05) is 18.2 Å². The zero-order chi connectivity index (χ0) is 17.2. The summed E-state index contributed by atoms with van der Waals surface area (Å²) in [7, 11) is 0. The maximum absolute atomic E-state index is 12.9. The summed E-state index contributed by atoms with van der Waals surface area (Å²) in [4.78, 5) is 12.0. The highest BCUT2D eigenvalue weighted by molar-refractivity contribution is 5.95. The number of hydrogen-bond acceptors (Lipinski definition) is 3. The van der Waals surface area contributed by atoms with Crippen LogP contribution in [0.15, 0.2) is 42.5 Å². The summed E-state index contributed by atoms with van der Waals surface area (Å²) in [5.74, 6) is 0.534.